The molecule has 0 radical (unpaired) electrons. The molecule has 0 bridgehead atoms. The maximum atomic E-state index is 11.4. The number of hydrogen-bond donors (Lipinski definition) is 2. The van der Waals surface area contributed by atoms with E-state index in [-0.39, 0.29) is 13.0 Å². The molecule has 2 aromatic rings. The number of hydrogen-bond acceptors (Lipinski definition) is 5. The first kappa shape index (κ1) is 17.6. The number of benzene rings is 1. The van der Waals surface area contributed by atoms with Crippen LogP contribution in [-0.2, 0) is 23.1 Å². The molecule has 1 aromatic carbocycles. The zero-order valence-corrected chi connectivity index (χ0v) is 14.8. The van der Waals surface area contributed by atoms with Crippen LogP contribution in [0, 0.1) is 0 Å². The Kier molecular flexibility index (Phi) is 4.38. The van der Waals surface area contributed by atoms with Gasteiger partial charge < -0.3 is 5.11 Å². The molecule has 0 aliphatic heterocycles. The second-order valence-corrected chi connectivity index (χ2v) is 8.39. The lowest BCUT2D eigenvalue weighted by Crippen LogP contribution is -2.47. The van der Waals surface area contributed by atoms with Crippen molar-refractivity contribution in [1.82, 2.24) is 14.8 Å². The standard InChI is InChI=1S/C14H15Cl2N3O4S/c15-11-4-2-1-3-10(11)7-14(20,13(16)5-6-13)8-19-12(17-9-18-19)24(21,22)23/h1-4,9,20H,5-8H2,(H,21,22,23). The first-order chi connectivity index (χ1) is 11.1. The summed E-state index contributed by atoms with van der Waals surface area (Å²) in [6.07, 6.45) is 2.25. The predicted octanol–water partition coefficient (Wildman–Crippen LogP) is 1.92. The van der Waals surface area contributed by atoms with E-state index in [1.807, 2.05) is 0 Å². The molecule has 0 spiro atoms. The first-order valence-corrected chi connectivity index (χ1v) is 9.34. The smallest absolute Gasteiger partial charge is 0.330 e. The molecule has 1 atom stereocenters. The molecule has 10 heteroatoms. The van der Waals surface area contributed by atoms with Crippen LogP contribution in [0.2, 0.25) is 5.02 Å². The maximum Gasteiger partial charge on any atom is 0.330 e. The van der Waals surface area contributed by atoms with Crippen LogP contribution in [0.3, 0.4) is 0 Å². The summed E-state index contributed by atoms with van der Waals surface area (Å²) in [5, 5.41) is 14.8. The minimum atomic E-state index is -4.56. The Hall–Kier alpha value is -1.19. The molecule has 3 rings (SSSR count). The Labute approximate surface area is 149 Å². The van der Waals surface area contributed by atoms with Crippen molar-refractivity contribution in [2.75, 3.05) is 0 Å². The van der Waals surface area contributed by atoms with Gasteiger partial charge in [-0.3, -0.25) is 4.55 Å². The van der Waals surface area contributed by atoms with E-state index in [1.165, 1.54) is 0 Å². The monoisotopic (exact) mass is 391 g/mol. The Balaban J connectivity index is 1.97. The summed E-state index contributed by atoms with van der Waals surface area (Å²) >= 11 is 12.6. The van der Waals surface area contributed by atoms with Crippen molar-refractivity contribution in [2.45, 2.75) is 41.4 Å². The maximum absolute atomic E-state index is 11.4. The number of aromatic nitrogens is 3. The highest BCUT2D eigenvalue weighted by molar-refractivity contribution is 7.85. The lowest BCUT2D eigenvalue weighted by molar-refractivity contribution is 0.00501. The van der Waals surface area contributed by atoms with Gasteiger partial charge in [-0.05, 0) is 24.5 Å². The number of aliphatic hydroxyl groups is 1. The third kappa shape index (κ3) is 3.29. The Morgan fingerprint density at radius 3 is 2.58 bits per heavy atom. The van der Waals surface area contributed by atoms with Crippen molar-refractivity contribution in [3.63, 3.8) is 0 Å². The molecule has 1 heterocycles. The lowest BCUT2D eigenvalue weighted by Gasteiger charge is -2.33. The molecule has 130 valence electrons. The van der Waals surface area contributed by atoms with Gasteiger partial charge in [0.25, 0.3) is 5.16 Å². The summed E-state index contributed by atoms with van der Waals surface area (Å²) in [6, 6.07) is 7.02. The van der Waals surface area contributed by atoms with Crippen molar-refractivity contribution < 1.29 is 18.1 Å². The normalized spacial score (nSPS) is 19.0. The van der Waals surface area contributed by atoms with E-state index in [1.54, 1.807) is 24.3 Å². The highest BCUT2D eigenvalue weighted by Crippen LogP contribution is 2.53. The molecule has 1 saturated carbocycles. The molecule has 1 aliphatic carbocycles. The van der Waals surface area contributed by atoms with Crippen molar-refractivity contribution in [3.8, 4) is 0 Å². The van der Waals surface area contributed by atoms with E-state index in [2.05, 4.69) is 10.1 Å². The van der Waals surface area contributed by atoms with E-state index in [9.17, 15) is 18.1 Å². The fourth-order valence-corrected chi connectivity index (χ4v) is 3.68. The number of rotatable bonds is 6. The van der Waals surface area contributed by atoms with Gasteiger partial charge >= 0.3 is 10.1 Å². The van der Waals surface area contributed by atoms with Gasteiger partial charge in [-0.15, -0.1) is 11.6 Å². The SMILES string of the molecule is O=S(=O)(O)c1ncnn1CC(O)(Cc1ccccc1Cl)C1(Cl)CC1. The van der Waals surface area contributed by atoms with Gasteiger partial charge in [-0.1, -0.05) is 29.8 Å². The largest absolute Gasteiger partial charge is 0.386 e. The molecular formula is C14H15Cl2N3O4S. The van der Waals surface area contributed by atoms with E-state index in [0.29, 0.717) is 23.4 Å². The Morgan fingerprint density at radius 2 is 2.00 bits per heavy atom. The van der Waals surface area contributed by atoms with Gasteiger partial charge in [0.1, 0.15) is 11.9 Å². The zero-order valence-electron chi connectivity index (χ0n) is 12.4. The predicted molar refractivity (Wildman–Crippen MR) is 87.8 cm³/mol. The second kappa shape index (κ2) is 5.96. The van der Waals surface area contributed by atoms with E-state index in [4.69, 9.17) is 23.2 Å². The highest BCUT2D eigenvalue weighted by Gasteiger charge is 2.58. The van der Waals surface area contributed by atoms with Crippen molar-refractivity contribution in [1.29, 1.82) is 0 Å². The number of alkyl halides is 1. The topological polar surface area (TPSA) is 105 Å². The molecule has 1 aromatic heterocycles. The third-order valence-corrected chi connectivity index (χ3v) is 6.06. The molecule has 0 saturated heterocycles. The summed E-state index contributed by atoms with van der Waals surface area (Å²) in [7, 11) is -4.56. The highest BCUT2D eigenvalue weighted by atomic mass is 35.5. The molecule has 1 unspecified atom stereocenters. The van der Waals surface area contributed by atoms with Crippen LogP contribution in [0.4, 0.5) is 0 Å². The average molecular weight is 392 g/mol. The summed E-state index contributed by atoms with van der Waals surface area (Å²) in [6.45, 7) is -0.239. The Bertz CT molecular complexity index is 866. The van der Waals surface area contributed by atoms with Crippen molar-refractivity contribution in [2.24, 2.45) is 0 Å². The number of nitrogens with zero attached hydrogens (tertiary/aromatic N) is 3. The molecule has 1 aliphatic rings. The van der Waals surface area contributed by atoms with Crippen LogP contribution < -0.4 is 0 Å². The lowest BCUT2D eigenvalue weighted by atomic mass is 9.89. The van der Waals surface area contributed by atoms with Crippen LogP contribution in [0.5, 0.6) is 0 Å². The third-order valence-electron chi connectivity index (χ3n) is 4.19. The van der Waals surface area contributed by atoms with Crippen LogP contribution >= 0.6 is 23.2 Å². The van der Waals surface area contributed by atoms with Gasteiger partial charge in [0.15, 0.2) is 0 Å². The van der Waals surface area contributed by atoms with Crippen LogP contribution in [-0.4, -0.2) is 43.3 Å². The van der Waals surface area contributed by atoms with Gasteiger partial charge in [0.2, 0.25) is 0 Å². The Morgan fingerprint density at radius 1 is 1.33 bits per heavy atom. The van der Waals surface area contributed by atoms with E-state index < -0.39 is 25.7 Å². The molecule has 2 N–H and O–H groups in total. The van der Waals surface area contributed by atoms with Gasteiger partial charge in [-0.2, -0.15) is 13.5 Å². The van der Waals surface area contributed by atoms with Crippen molar-refractivity contribution in [3.05, 3.63) is 41.2 Å². The van der Waals surface area contributed by atoms with Gasteiger partial charge in [0.05, 0.1) is 11.4 Å². The van der Waals surface area contributed by atoms with Crippen molar-refractivity contribution >= 4 is 33.3 Å². The van der Waals surface area contributed by atoms with Gasteiger partial charge in [-0.25, -0.2) is 9.67 Å². The summed E-state index contributed by atoms with van der Waals surface area (Å²) in [5.74, 6) is 0. The fourth-order valence-electron chi connectivity index (χ4n) is 2.70. The zero-order chi connectivity index (χ0) is 17.6. The molecule has 1 fully saturated rings. The van der Waals surface area contributed by atoms with E-state index >= 15 is 0 Å². The first-order valence-electron chi connectivity index (χ1n) is 7.15. The fraction of sp³-hybridized carbons (Fsp3) is 0.429. The summed E-state index contributed by atoms with van der Waals surface area (Å²) < 4.78 is 32.9. The average Bonchev–Trinajstić information content (AvgIpc) is 3.07. The second-order valence-electron chi connectivity index (χ2n) is 5.94. The summed E-state index contributed by atoms with van der Waals surface area (Å²) in [4.78, 5) is 2.62. The summed E-state index contributed by atoms with van der Waals surface area (Å²) in [5.41, 5.74) is -0.825. The number of halogens is 2. The molecular weight excluding hydrogens is 377 g/mol. The quantitative estimate of drug-likeness (QED) is 0.575. The van der Waals surface area contributed by atoms with Gasteiger partial charge in [0, 0.05) is 11.4 Å². The van der Waals surface area contributed by atoms with Crippen LogP contribution in [0.25, 0.3) is 0 Å². The minimum Gasteiger partial charge on any atom is -0.386 e. The molecule has 24 heavy (non-hydrogen) atoms. The van der Waals surface area contributed by atoms with Crippen LogP contribution in [0.15, 0.2) is 35.7 Å². The molecule has 7 nitrogen and oxygen atoms in total. The van der Waals surface area contributed by atoms with Crippen LogP contribution in [0.1, 0.15) is 18.4 Å². The minimum absolute atomic E-state index is 0.112. The van der Waals surface area contributed by atoms with E-state index in [0.717, 1.165) is 11.0 Å². The molecule has 0 amide bonds.